The molecule has 7 aromatic carbocycles. The lowest BCUT2D eigenvalue weighted by Crippen LogP contribution is -2.48. The van der Waals surface area contributed by atoms with Gasteiger partial charge in [0.15, 0.2) is 0 Å². The molecule has 8 aromatic rings. The fraction of sp³-hybridized carbons (Fsp3) is 0.200. The van der Waals surface area contributed by atoms with Gasteiger partial charge >= 0.3 is 0 Å². The van der Waals surface area contributed by atoms with Gasteiger partial charge in [-0.3, -0.25) is 0 Å². The predicted octanol–water partition coefficient (Wildman–Crippen LogP) is 14.0. The second kappa shape index (κ2) is 11.7. The number of rotatable bonds is 6. The molecule has 2 nitrogen and oxygen atoms in total. The number of furan rings is 1. The Morgan fingerprint density at radius 1 is 0.442 bits per heavy atom. The summed E-state index contributed by atoms with van der Waals surface area (Å²) in [6, 6.07) is 57.9. The second-order valence-electron chi connectivity index (χ2n) is 16.0. The van der Waals surface area contributed by atoms with E-state index in [1.54, 1.807) is 5.56 Å². The van der Waals surface area contributed by atoms with Crippen LogP contribution < -0.4 is 4.90 Å². The van der Waals surface area contributed by atoms with E-state index in [0.29, 0.717) is 5.41 Å². The fourth-order valence-corrected chi connectivity index (χ4v) is 10.9. The number of para-hydroxylation sites is 1. The molecule has 252 valence electrons. The summed E-state index contributed by atoms with van der Waals surface area (Å²) in [5.41, 5.74) is 12.2. The molecule has 0 saturated heterocycles. The Morgan fingerprint density at radius 2 is 1.04 bits per heavy atom. The van der Waals surface area contributed by atoms with Crippen molar-refractivity contribution in [2.45, 2.75) is 43.9 Å². The van der Waals surface area contributed by atoms with Crippen molar-refractivity contribution in [1.82, 2.24) is 0 Å². The normalized spacial score (nSPS) is 22.0. The van der Waals surface area contributed by atoms with Gasteiger partial charge in [0.05, 0.1) is 0 Å². The number of nitrogens with zero attached hydrogens (tertiary/aromatic N) is 1. The first-order valence-electron chi connectivity index (χ1n) is 19.2. The van der Waals surface area contributed by atoms with Gasteiger partial charge in [0.1, 0.15) is 11.2 Å². The summed E-state index contributed by atoms with van der Waals surface area (Å²) in [4.78, 5) is 2.36. The van der Waals surface area contributed by atoms with Crippen LogP contribution in [0.25, 0.3) is 55.0 Å². The van der Waals surface area contributed by atoms with Crippen LogP contribution in [0.15, 0.2) is 162 Å². The third-order valence-electron chi connectivity index (χ3n) is 12.8. The number of hydrogen-bond donors (Lipinski definition) is 0. The van der Waals surface area contributed by atoms with Crippen LogP contribution in [-0.4, -0.2) is 0 Å². The monoisotopic (exact) mass is 671 g/mol. The van der Waals surface area contributed by atoms with E-state index < -0.39 is 0 Å². The van der Waals surface area contributed by atoms with Crippen molar-refractivity contribution in [2.24, 2.45) is 17.8 Å². The molecule has 0 amide bonds. The highest BCUT2D eigenvalue weighted by Crippen LogP contribution is 2.61. The van der Waals surface area contributed by atoms with Crippen LogP contribution in [0.1, 0.15) is 44.1 Å². The van der Waals surface area contributed by atoms with Crippen molar-refractivity contribution in [3.8, 4) is 22.3 Å². The summed E-state index contributed by atoms with van der Waals surface area (Å²) in [6.45, 7) is 0. The minimum atomic E-state index is 0.398. The summed E-state index contributed by atoms with van der Waals surface area (Å²) in [5, 5.41) is 4.82. The highest BCUT2D eigenvalue weighted by Gasteiger charge is 2.51. The maximum atomic E-state index is 6.38. The molecule has 0 unspecified atom stereocenters. The zero-order chi connectivity index (χ0) is 34.2. The Labute approximate surface area is 305 Å². The Bertz CT molecular complexity index is 2570. The van der Waals surface area contributed by atoms with Crippen molar-refractivity contribution in [3.63, 3.8) is 0 Å². The zero-order valence-corrected chi connectivity index (χ0v) is 29.3. The largest absolute Gasteiger partial charge is 0.456 e. The van der Waals surface area contributed by atoms with E-state index in [4.69, 9.17) is 4.42 Å². The van der Waals surface area contributed by atoms with Crippen molar-refractivity contribution in [2.75, 3.05) is 4.90 Å². The third-order valence-corrected chi connectivity index (χ3v) is 12.8. The third kappa shape index (κ3) is 4.92. The number of hydrogen-bond acceptors (Lipinski definition) is 2. The molecule has 0 atom stereocenters. The quantitative estimate of drug-likeness (QED) is 0.175. The molecular weight excluding hydrogens is 631 g/mol. The van der Waals surface area contributed by atoms with E-state index in [-0.39, 0.29) is 0 Å². The van der Waals surface area contributed by atoms with Crippen LogP contribution in [0, 0.1) is 17.8 Å². The van der Waals surface area contributed by atoms with Crippen LogP contribution >= 0.6 is 0 Å². The summed E-state index contributed by atoms with van der Waals surface area (Å²) in [6.07, 6.45) is 8.62. The second-order valence-corrected chi connectivity index (χ2v) is 16.0. The first kappa shape index (κ1) is 30.1. The van der Waals surface area contributed by atoms with Crippen LogP contribution in [-0.2, 0) is 5.41 Å². The standard InChI is InChI=1S/C50H41NO/c1-2-11-44-37(7-1)8-6-13-45(44)38-17-21-42(22-18-38)51(43-23-24-47-46-12-3-4-14-48(46)52-49(47)29-43)41-19-15-36(16-20-41)39-9-5-10-40(28-39)50-30-33-25-34(31-50)27-35(26-33)32-50/h1-24,28-29,33-35H,25-27,30-32H2. The fourth-order valence-electron chi connectivity index (χ4n) is 10.9. The molecule has 4 fully saturated rings. The number of benzene rings is 7. The first-order valence-corrected chi connectivity index (χ1v) is 19.2. The summed E-state index contributed by atoms with van der Waals surface area (Å²) in [7, 11) is 0. The molecule has 0 aliphatic heterocycles. The van der Waals surface area contributed by atoms with Crippen LogP contribution in [0.3, 0.4) is 0 Å². The van der Waals surface area contributed by atoms with E-state index >= 15 is 0 Å². The molecule has 1 heterocycles. The van der Waals surface area contributed by atoms with Crippen molar-refractivity contribution in [3.05, 3.63) is 163 Å². The van der Waals surface area contributed by atoms with Gasteiger partial charge < -0.3 is 9.32 Å². The highest BCUT2D eigenvalue weighted by atomic mass is 16.3. The molecule has 12 rings (SSSR count). The van der Waals surface area contributed by atoms with Gasteiger partial charge in [-0.2, -0.15) is 0 Å². The molecule has 4 saturated carbocycles. The molecule has 52 heavy (non-hydrogen) atoms. The lowest BCUT2D eigenvalue weighted by Gasteiger charge is -2.57. The van der Waals surface area contributed by atoms with Gasteiger partial charge in [-0.25, -0.2) is 0 Å². The first-order chi connectivity index (χ1) is 25.7. The number of anilines is 3. The summed E-state index contributed by atoms with van der Waals surface area (Å²) in [5.74, 6) is 2.83. The molecular formula is C50H41NO. The van der Waals surface area contributed by atoms with Crippen LogP contribution in [0.5, 0.6) is 0 Å². The minimum Gasteiger partial charge on any atom is -0.456 e. The molecule has 1 aromatic heterocycles. The molecule has 0 spiro atoms. The molecule has 4 bridgehead atoms. The lowest BCUT2D eigenvalue weighted by molar-refractivity contribution is -0.00516. The van der Waals surface area contributed by atoms with Gasteiger partial charge in [0, 0.05) is 33.9 Å². The maximum absolute atomic E-state index is 6.38. The average Bonchev–Trinajstić information content (AvgIpc) is 3.56. The van der Waals surface area contributed by atoms with E-state index in [2.05, 4.69) is 157 Å². The van der Waals surface area contributed by atoms with Crippen LogP contribution in [0.2, 0.25) is 0 Å². The average molecular weight is 672 g/mol. The summed E-state index contributed by atoms with van der Waals surface area (Å²) < 4.78 is 6.38. The van der Waals surface area contributed by atoms with Gasteiger partial charge in [0.2, 0.25) is 0 Å². The Hall–Kier alpha value is -5.60. The van der Waals surface area contributed by atoms with Gasteiger partial charge in [-0.1, -0.05) is 109 Å². The summed E-state index contributed by atoms with van der Waals surface area (Å²) >= 11 is 0. The SMILES string of the molecule is c1cc(-c2ccc(N(c3ccc(-c4cccc5ccccc45)cc3)c3ccc4c(c3)oc3ccccc34)cc2)cc(C23CC4CC(CC(C4)C2)C3)c1. The maximum Gasteiger partial charge on any atom is 0.137 e. The Morgan fingerprint density at radius 3 is 1.79 bits per heavy atom. The molecule has 4 aliphatic rings. The van der Waals surface area contributed by atoms with Crippen molar-refractivity contribution < 1.29 is 4.42 Å². The highest BCUT2D eigenvalue weighted by molar-refractivity contribution is 6.06. The van der Waals surface area contributed by atoms with Crippen LogP contribution in [0.4, 0.5) is 17.1 Å². The van der Waals surface area contributed by atoms with E-state index in [0.717, 1.165) is 56.8 Å². The molecule has 2 heteroatoms. The van der Waals surface area contributed by atoms with Gasteiger partial charge in [-0.05, 0) is 143 Å². The lowest BCUT2D eigenvalue weighted by atomic mass is 9.48. The zero-order valence-electron chi connectivity index (χ0n) is 29.3. The van der Waals surface area contributed by atoms with Gasteiger partial charge in [0.25, 0.3) is 0 Å². The van der Waals surface area contributed by atoms with E-state index in [1.807, 2.05) is 6.07 Å². The Kier molecular flexibility index (Phi) is 6.77. The van der Waals surface area contributed by atoms with Gasteiger partial charge in [-0.15, -0.1) is 0 Å². The number of fused-ring (bicyclic) bond motifs is 4. The molecule has 0 radical (unpaired) electrons. The smallest absolute Gasteiger partial charge is 0.137 e. The van der Waals surface area contributed by atoms with E-state index in [9.17, 15) is 0 Å². The Balaban J connectivity index is 0.977. The molecule has 0 N–H and O–H groups in total. The molecule has 4 aliphatic carbocycles. The topological polar surface area (TPSA) is 16.4 Å². The van der Waals surface area contributed by atoms with Crippen molar-refractivity contribution >= 4 is 49.8 Å². The minimum absolute atomic E-state index is 0.398. The predicted molar refractivity (Wildman–Crippen MR) is 217 cm³/mol. The van der Waals surface area contributed by atoms with Crippen molar-refractivity contribution in [1.29, 1.82) is 0 Å². The van der Waals surface area contributed by atoms with E-state index in [1.165, 1.54) is 71.6 Å².